The highest BCUT2D eigenvalue weighted by molar-refractivity contribution is 14.0. The smallest absolute Gasteiger partial charge is 0.191 e. The van der Waals surface area contributed by atoms with Crippen molar-refractivity contribution in [2.45, 2.75) is 26.8 Å². The molecule has 0 atom stereocenters. The first-order chi connectivity index (χ1) is 13.6. The van der Waals surface area contributed by atoms with Crippen LogP contribution in [0, 0.1) is 13.8 Å². The number of nitrogens with zero attached hydrogens (tertiary/aromatic N) is 4. The van der Waals surface area contributed by atoms with Gasteiger partial charge in [-0.05, 0) is 49.6 Å². The third-order valence-corrected chi connectivity index (χ3v) is 4.62. The molecule has 2 heterocycles. The van der Waals surface area contributed by atoms with Crippen LogP contribution in [0.5, 0.6) is 0 Å². The summed E-state index contributed by atoms with van der Waals surface area (Å²) in [6.45, 7) is 5.47. The van der Waals surface area contributed by atoms with Gasteiger partial charge >= 0.3 is 0 Å². The van der Waals surface area contributed by atoms with Crippen molar-refractivity contribution in [2.24, 2.45) is 4.99 Å². The molecule has 2 aromatic heterocycles. The molecule has 3 rings (SSSR count). The van der Waals surface area contributed by atoms with Crippen LogP contribution >= 0.6 is 35.6 Å². The summed E-state index contributed by atoms with van der Waals surface area (Å²) in [5.74, 6) is 0.755. The van der Waals surface area contributed by atoms with Crippen molar-refractivity contribution in [3.05, 3.63) is 76.3 Å². The molecule has 0 radical (unpaired) electrons. The molecule has 0 amide bonds. The number of hydrogen-bond acceptors (Lipinski definition) is 3. The van der Waals surface area contributed by atoms with Gasteiger partial charge in [-0.1, -0.05) is 35.9 Å². The van der Waals surface area contributed by atoms with Crippen molar-refractivity contribution < 1.29 is 0 Å². The quantitative estimate of drug-likeness (QED) is 0.221. The Morgan fingerprint density at radius 2 is 1.93 bits per heavy atom. The SMILES string of the molecule is CN=C(NCCc1ccc(Cl)nc1)NCc1ccccc1-n1nc(C)cc1C.I. The maximum absolute atomic E-state index is 5.82. The number of benzene rings is 1. The molecule has 29 heavy (non-hydrogen) atoms. The number of aliphatic imine (C=N–C) groups is 1. The summed E-state index contributed by atoms with van der Waals surface area (Å²) >= 11 is 5.82. The average Bonchev–Trinajstić information content (AvgIpc) is 3.04. The summed E-state index contributed by atoms with van der Waals surface area (Å²) < 4.78 is 1.98. The Morgan fingerprint density at radius 3 is 2.59 bits per heavy atom. The predicted molar refractivity (Wildman–Crippen MR) is 130 cm³/mol. The highest BCUT2D eigenvalue weighted by Crippen LogP contribution is 2.16. The minimum absolute atomic E-state index is 0. The van der Waals surface area contributed by atoms with Crippen LogP contribution in [0.3, 0.4) is 0 Å². The molecule has 0 aliphatic heterocycles. The van der Waals surface area contributed by atoms with Gasteiger partial charge in [-0.3, -0.25) is 4.99 Å². The lowest BCUT2D eigenvalue weighted by molar-refractivity contribution is 0.774. The summed E-state index contributed by atoms with van der Waals surface area (Å²) in [6.07, 6.45) is 2.64. The van der Waals surface area contributed by atoms with Gasteiger partial charge in [-0.15, -0.1) is 24.0 Å². The van der Waals surface area contributed by atoms with E-state index in [-0.39, 0.29) is 24.0 Å². The Balaban J connectivity index is 0.00000300. The summed E-state index contributed by atoms with van der Waals surface area (Å²) in [6, 6.07) is 14.1. The van der Waals surface area contributed by atoms with Crippen LogP contribution in [0.25, 0.3) is 5.69 Å². The fraction of sp³-hybridized carbons (Fsp3) is 0.286. The molecule has 8 heteroatoms. The average molecular weight is 525 g/mol. The van der Waals surface area contributed by atoms with Crippen LogP contribution in [0.1, 0.15) is 22.5 Å². The van der Waals surface area contributed by atoms with Gasteiger partial charge in [0.25, 0.3) is 0 Å². The molecule has 0 unspecified atom stereocenters. The molecule has 0 saturated carbocycles. The highest BCUT2D eigenvalue weighted by Gasteiger charge is 2.09. The van der Waals surface area contributed by atoms with Gasteiger partial charge in [0.1, 0.15) is 5.15 Å². The number of nitrogens with one attached hydrogen (secondary N) is 2. The van der Waals surface area contributed by atoms with E-state index in [1.807, 2.05) is 29.8 Å². The van der Waals surface area contributed by atoms with E-state index in [9.17, 15) is 0 Å². The summed E-state index contributed by atoms with van der Waals surface area (Å²) in [5, 5.41) is 11.8. The molecule has 3 aromatic rings. The van der Waals surface area contributed by atoms with Gasteiger partial charge in [0, 0.05) is 32.0 Å². The highest BCUT2D eigenvalue weighted by atomic mass is 127. The molecule has 154 valence electrons. The molecular formula is C21H26ClIN6. The number of pyridine rings is 1. The fourth-order valence-electron chi connectivity index (χ4n) is 3.02. The fourth-order valence-corrected chi connectivity index (χ4v) is 3.13. The third kappa shape index (κ3) is 6.43. The molecular weight excluding hydrogens is 499 g/mol. The van der Waals surface area contributed by atoms with E-state index in [1.165, 1.54) is 0 Å². The third-order valence-electron chi connectivity index (χ3n) is 4.39. The van der Waals surface area contributed by atoms with E-state index in [0.717, 1.165) is 47.1 Å². The standard InChI is InChI=1S/C21H25ClN6.HI/c1-15-12-16(2)28(27-15)19-7-5-4-6-18(19)14-26-21(23-3)24-11-10-17-8-9-20(22)25-13-17;/h4-9,12-13H,10-11,14H2,1-3H3,(H2,23,24,26);1H. The molecule has 0 bridgehead atoms. The van der Waals surface area contributed by atoms with Crippen LogP contribution in [-0.4, -0.2) is 34.3 Å². The maximum Gasteiger partial charge on any atom is 0.191 e. The lowest BCUT2D eigenvalue weighted by atomic mass is 10.1. The van der Waals surface area contributed by atoms with Crippen LogP contribution in [0.4, 0.5) is 0 Å². The van der Waals surface area contributed by atoms with E-state index in [0.29, 0.717) is 11.7 Å². The van der Waals surface area contributed by atoms with Crippen LogP contribution in [-0.2, 0) is 13.0 Å². The van der Waals surface area contributed by atoms with Gasteiger partial charge in [-0.25, -0.2) is 9.67 Å². The topological polar surface area (TPSA) is 67.1 Å². The lowest BCUT2D eigenvalue weighted by Crippen LogP contribution is -2.38. The molecule has 2 N–H and O–H groups in total. The van der Waals surface area contributed by atoms with Crippen molar-refractivity contribution in [3.8, 4) is 5.69 Å². The first-order valence-corrected chi connectivity index (χ1v) is 9.61. The Kier molecular flexibility index (Phi) is 8.91. The van der Waals surface area contributed by atoms with E-state index < -0.39 is 0 Å². The van der Waals surface area contributed by atoms with Gasteiger partial charge in [0.05, 0.1) is 11.4 Å². The van der Waals surface area contributed by atoms with Crippen LogP contribution in [0.15, 0.2) is 53.7 Å². The minimum atomic E-state index is 0. The summed E-state index contributed by atoms with van der Waals surface area (Å²) in [4.78, 5) is 8.41. The Morgan fingerprint density at radius 1 is 1.14 bits per heavy atom. The molecule has 0 spiro atoms. The Bertz CT molecular complexity index is 952. The Labute approximate surface area is 193 Å². The summed E-state index contributed by atoms with van der Waals surface area (Å²) in [7, 11) is 1.77. The number of aromatic nitrogens is 3. The van der Waals surface area contributed by atoms with Crippen molar-refractivity contribution in [1.82, 2.24) is 25.4 Å². The number of para-hydroxylation sites is 1. The molecule has 0 aliphatic rings. The van der Waals surface area contributed by atoms with Gasteiger partial charge in [-0.2, -0.15) is 5.10 Å². The first-order valence-electron chi connectivity index (χ1n) is 9.23. The summed E-state index contributed by atoms with van der Waals surface area (Å²) in [5.41, 5.74) is 5.47. The zero-order chi connectivity index (χ0) is 19.9. The van der Waals surface area contributed by atoms with Crippen molar-refractivity contribution >= 4 is 41.5 Å². The second kappa shape index (κ2) is 11.2. The second-order valence-electron chi connectivity index (χ2n) is 6.56. The van der Waals surface area contributed by atoms with Crippen molar-refractivity contribution in [1.29, 1.82) is 0 Å². The van der Waals surface area contributed by atoms with E-state index in [1.54, 1.807) is 19.3 Å². The van der Waals surface area contributed by atoms with Gasteiger partial charge < -0.3 is 10.6 Å². The monoisotopic (exact) mass is 524 g/mol. The molecule has 0 aliphatic carbocycles. The molecule has 1 aromatic carbocycles. The van der Waals surface area contributed by atoms with Gasteiger partial charge in [0.15, 0.2) is 5.96 Å². The van der Waals surface area contributed by atoms with E-state index in [4.69, 9.17) is 11.6 Å². The minimum Gasteiger partial charge on any atom is -0.356 e. The zero-order valence-corrected chi connectivity index (χ0v) is 19.9. The maximum atomic E-state index is 5.82. The largest absolute Gasteiger partial charge is 0.356 e. The van der Waals surface area contributed by atoms with Gasteiger partial charge in [0.2, 0.25) is 0 Å². The normalized spacial score (nSPS) is 11.1. The molecule has 0 fully saturated rings. The van der Waals surface area contributed by atoms with Crippen molar-refractivity contribution in [3.63, 3.8) is 0 Å². The number of halogens is 2. The van der Waals surface area contributed by atoms with E-state index >= 15 is 0 Å². The number of aryl methyl sites for hydroxylation is 2. The molecule has 6 nitrogen and oxygen atoms in total. The zero-order valence-electron chi connectivity index (χ0n) is 16.8. The van der Waals surface area contributed by atoms with E-state index in [2.05, 4.69) is 50.8 Å². The molecule has 0 saturated heterocycles. The lowest BCUT2D eigenvalue weighted by Gasteiger charge is -2.15. The first kappa shape index (κ1) is 23.2. The van der Waals surface area contributed by atoms with Crippen molar-refractivity contribution in [2.75, 3.05) is 13.6 Å². The second-order valence-corrected chi connectivity index (χ2v) is 6.95. The Hall–Kier alpha value is -2.13. The number of hydrogen-bond donors (Lipinski definition) is 2. The van der Waals surface area contributed by atoms with Crippen LogP contribution < -0.4 is 10.6 Å². The predicted octanol–water partition coefficient (Wildman–Crippen LogP) is 4.06. The number of guanidine groups is 1. The van der Waals surface area contributed by atoms with Crippen LogP contribution in [0.2, 0.25) is 5.15 Å². The number of rotatable bonds is 6.